The predicted octanol–water partition coefficient (Wildman–Crippen LogP) is 2.49. The lowest BCUT2D eigenvalue weighted by Gasteiger charge is -2.11. The number of nitrogens with two attached hydrogens (primary N) is 1. The maximum Gasteiger partial charge on any atom is 0.0856 e. The number of benzene rings is 1. The van der Waals surface area contributed by atoms with Gasteiger partial charge in [-0.05, 0) is 26.2 Å². The van der Waals surface area contributed by atoms with Gasteiger partial charge in [-0.3, -0.25) is 0 Å². The molecule has 23 heavy (non-hydrogen) atoms. The molecule has 1 atom stereocenters. The quantitative estimate of drug-likeness (QED) is 0.595. The third-order valence-electron chi connectivity index (χ3n) is 4.25. The fourth-order valence-corrected chi connectivity index (χ4v) is 2.75. The van der Waals surface area contributed by atoms with Gasteiger partial charge in [0, 0.05) is 0 Å². The van der Waals surface area contributed by atoms with Crippen molar-refractivity contribution in [3.63, 3.8) is 0 Å². The molecule has 1 nitrogen and oxygen atoms in total. The van der Waals surface area contributed by atoms with Gasteiger partial charge in [0.2, 0.25) is 0 Å². The smallest absolute Gasteiger partial charge is 0.0856 e. The summed E-state index contributed by atoms with van der Waals surface area (Å²) in [5.74, 6) is 0. The van der Waals surface area contributed by atoms with Gasteiger partial charge in [0.25, 0.3) is 0 Å². The van der Waals surface area contributed by atoms with Crippen LogP contribution in [-0.4, -0.2) is 13.1 Å². The molecule has 0 saturated carbocycles. The van der Waals surface area contributed by atoms with Crippen LogP contribution < -0.4 is 17.7 Å². The van der Waals surface area contributed by atoms with Gasteiger partial charge < -0.3 is 17.7 Å². The topological polar surface area (TPSA) is 16.6 Å². The molecule has 1 aromatic carbocycles. The Morgan fingerprint density at radius 1 is 0.783 bits per heavy atom. The second-order valence-corrected chi connectivity index (χ2v) is 6.45. The van der Waals surface area contributed by atoms with Crippen LogP contribution in [0.15, 0.2) is 30.3 Å². The van der Waals surface area contributed by atoms with Crippen LogP contribution in [-0.2, 0) is 0 Å². The molecule has 0 saturated heterocycles. The summed E-state index contributed by atoms with van der Waals surface area (Å²) < 4.78 is 0. The first-order chi connectivity index (χ1) is 10.7. The second-order valence-electron chi connectivity index (χ2n) is 6.45. The fraction of sp³-hybridized carbons (Fsp3) is 0.714. The van der Waals surface area contributed by atoms with Gasteiger partial charge in [-0.25, -0.2) is 0 Å². The van der Waals surface area contributed by atoms with E-state index in [1.165, 1.54) is 69.8 Å². The van der Waals surface area contributed by atoms with Gasteiger partial charge in [0.05, 0.1) is 13.1 Å². The third-order valence-corrected chi connectivity index (χ3v) is 4.25. The molecule has 0 amide bonds. The van der Waals surface area contributed by atoms with Crippen LogP contribution in [0.2, 0.25) is 0 Å². The minimum atomic E-state index is 0. The first-order valence-electron chi connectivity index (χ1n) is 9.55. The van der Waals surface area contributed by atoms with Crippen molar-refractivity contribution in [2.75, 3.05) is 7.05 Å². The molecule has 0 fully saturated rings. The first-order valence-corrected chi connectivity index (χ1v) is 9.55. The number of halogens is 1. The van der Waals surface area contributed by atoms with Gasteiger partial charge >= 0.3 is 0 Å². The number of quaternary nitrogens is 1. The fourth-order valence-electron chi connectivity index (χ4n) is 2.75. The van der Waals surface area contributed by atoms with Crippen LogP contribution in [0.1, 0.15) is 83.6 Å². The van der Waals surface area contributed by atoms with Crippen molar-refractivity contribution in [2.24, 2.45) is 0 Å². The molecule has 0 bridgehead atoms. The highest BCUT2D eigenvalue weighted by Crippen LogP contribution is 2.10. The minimum absolute atomic E-state index is 0. The molecule has 2 N–H and O–H groups in total. The van der Waals surface area contributed by atoms with Crippen LogP contribution >= 0.6 is 0 Å². The predicted molar refractivity (Wildman–Crippen MR) is 100 cm³/mol. The highest BCUT2D eigenvalue weighted by Gasteiger charge is 2.06. The normalized spacial score (nSPS) is 11.1. The van der Waals surface area contributed by atoms with Crippen molar-refractivity contribution in [3.05, 3.63) is 35.9 Å². The van der Waals surface area contributed by atoms with E-state index < -0.39 is 0 Å². The molecule has 0 aliphatic heterocycles. The Morgan fingerprint density at radius 3 is 1.78 bits per heavy atom. The van der Waals surface area contributed by atoms with Gasteiger partial charge in [0.15, 0.2) is 0 Å². The van der Waals surface area contributed by atoms with Gasteiger partial charge in [0.1, 0.15) is 0 Å². The van der Waals surface area contributed by atoms with E-state index in [0.717, 1.165) is 6.04 Å². The molecular weight excluding hydrogens is 302 g/mol. The molecule has 0 aliphatic rings. The van der Waals surface area contributed by atoms with Crippen LogP contribution in [0.3, 0.4) is 0 Å². The molecule has 2 heteroatoms. The van der Waals surface area contributed by atoms with Crippen LogP contribution in [0.5, 0.6) is 0 Å². The van der Waals surface area contributed by atoms with Crippen molar-refractivity contribution in [3.8, 4) is 0 Å². The Hall–Kier alpha value is -0.530. The van der Waals surface area contributed by atoms with E-state index in [1.54, 1.807) is 0 Å². The third kappa shape index (κ3) is 17.7. The van der Waals surface area contributed by atoms with Crippen molar-refractivity contribution in [2.45, 2.75) is 91.0 Å². The van der Waals surface area contributed by atoms with E-state index in [-0.39, 0.29) is 12.4 Å². The van der Waals surface area contributed by atoms with E-state index in [0.29, 0.717) is 0 Å². The largest absolute Gasteiger partial charge is 1.00 e. The zero-order chi connectivity index (χ0) is 16.5. The lowest BCUT2D eigenvalue weighted by molar-refractivity contribution is -0.664. The zero-order valence-electron chi connectivity index (χ0n) is 16.0. The van der Waals surface area contributed by atoms with Crippen molar-refractivity contribution in [1.82, 2.24) is 0 Å². The average Bonchev–Trinajstić information content (AvgIpc) is 2.54. The summed E-state index contributed by atoms with van der Waals surface area (Å²) in [6.07, 6.45) is 14.2. The van der Waals surface area contributed by atoms with Crippen LogP contribution in [0, 0.1) is 6.92 Å². The summed E-state index contributed by atoms with van der Waals surface area (Å²) in [7, 11) is 2.22. The van der Waals surface area contributed by atoms with Gasteiger partial charge in [-0.1, -0.05) is 94.7 Å². The van der Waals surface area contributed by atoms with Crippen molar-refractivity contribution in [1.29, 1.82) is 0 Å². The summed E-state index contributed by atoms with van der Waals surface area (Å²) in [5, 5.41) is 2.40. The van der Waals surface area contributed by atoms with Crippen LogP contribution in [0.4, 0.5) is 0 Å². The van der Waals surface area contributed by atoms with Gasteiger partial charge in [-0.15, -0.1) is 0 Å². The molecule has 1 unspecified atom stereocenters. The zero-order valence-corrected chi connectivity index (χ0v) is 16.7. The van der Waals surface area contributed by atoms with Crippen LogP contribution in [0.25, 0.3) is 0 Å². The Bertz CT molecular complexity index is 313. The van der Waals surface area contributed by atoms with E-state index >= 15 is 0 Å². The van der Waals surface area contributed by atoms with E-state index in [9.17, 15) is 0 Å². The second kappa shape index (κ2) is 19.5. The lowest BCUT2D eigenvalue weighted by atomic mass is 10.0. The molecule has 1 aromatic rings. The summed E-state index contributed by atoms with van der Waals surface area (Å²) >= 11 is 0. The maximum atomic E-state index is 2.40. The molecule has 0 radical (unpaired) electrons. The molecule has 0 heterocycles. The van der Waals surface area contributed by atoms with E-state index in [1.807, 2.05) is 18.2 Å². The lowest BCUT2D eigenvalue weighted by Crippen LogP contribution is -3.00. The summed E-state index contributed by atoms with van der Waals surface area (Å²) in [6, 6.07) is 11.2. The number of hydrogen-bond donors (Lipinski definition) is 1. The maximum absolute atomic E-state index is 2.40. The summed E-state index contributed by atoms with van der Waals surface area (Å²) in [6.45, 7) is 6.66. The van der Waals surface area contributed by atoms with Crippen molar-refractivity contribution >= 4 is 0 Å². The summed E-state index contributed by atoms with van der Waals surface area (Å²) in [5.41, 5.74) is 1.32. The highest BCUT2D eigenvalue weighted by molar-refractivity contribution is 5.11. The number of hydrogen-bond acceptors (Lipinski definition) is 0. The molecule has 0 aromatic heterocycles. The Morgan fingerprint density at radius 2 is 1.35 bits per heavy atom. The standard InChI is InChI=1S/C14H31N.C7H8.ClH/c1-4-6-7-8-9-10-11-13-14(15-3)12-5-2;1-7-5-3-2-4-6-7;/h14-15H,4-13H2,1-3H3;2-6H,1H3;1H. The molecule has 136 valence electrons. The number of unbranched alkanes of at least 4 members (excludes halogenated alkanes) is 6. The number of rotatable bonds is 11. The van der Waals surface area contributed by atoms with E-state index in [4.69, 9.17) is 0 Å². The molecule has 0 spiro atoms. The first kappa shape index (κ1) is 24.7. The SMILES string of the molecule is CCCCCCCCCC(CCC)[NH2+]C.Cc1ccccc1.[Cl-]. The Kier molecular flexibility index (Phi) is 21.0. The minimum Gasteiger partial charge on any atom is -1.00 e. The Balaban J connectivity index is 0. The Labute approximate surface area is 152 Å². The van der Waals surface area contributed by atoms with Crippen molar-refractivity contribution < 1.29 is 17.7 Å². The molecule has 1 rings (SSSR count). The average molecular weight is 342 g/mol. The summed E-state index contributed by atoms with van der Waals surface area (Å²) in [4.78, 5) is 0. The molecular formula is C21H40ClN. The monoisotopic (exact) mass is 341 g/mol. The van der Waals surface area contributed by atoms with E-state index in [2.05, 4.69) is 45.3 Å². The highest BCUT2D eigenvalue weighted by atomic mass is 35.5. The molecule has 0 aliphatic carbocycles. The van der Waals surface area contributed by atoms with Gasteiger partial charge in [-0.2, -0.15) is 0 Å². The number of aryl methyl sites for hydroxylation is 1.